The van der Waals surface area contributed by atoms with Gasteiger partial charge >= 0.3 is 0 Å². The fourth-order valence-corrected chi connectivity index (χ4v) is 2.63. The minimum absolute atomic E-state index is 0.331. The van der Waals surface area contributed by atoms with Crippen molar-refractivity contribution in [2.45, 2.75) is 13.8 Å². The molecule has 0 aliphatic heterocycles. The van der Waals surface area contributed by atoms with Gasteiger partial charge in [-0.3, -0.25) is 4.79 Å². The van der Waals surface area contributed by atoms with Gasteiger partial charge < -0.3 is 11.5 Å². The van der Waals surface area contributed by atoms with E-state index in [4.69, 9.17) is 11.5 Å². The number of fused-ring (bicyclic) bond motifs is 1. The maximum atomic E-state index is 11.3. The number of rotatable bonds is 1. The third-order valence-electron chi connectivity index (χ3n) is 2.42. The Labute approximate surface area is 90.9 Å². The summed E-state index contributed by atoms with van der Waals surface area (Å²) in [5, 5.41) is 0.833. The highest BCUT2D eigenvalue weighted by molar-refractivity contribution is 7.18. The Morgan fingerprint density at radius 3 is 2.73 bits per heavy atom. The number of amides is 1. The molecule has 0 spiro atoms. The first-order chi connectivity index (χ1) is 7.00. The number of anilines is 1. The van der Waals surface area contributed by atoms with Crippen molar-refractivity contribution < 1.29 is 4.79 Å². The van der Waals surface area contributed by atoms with Gasteiger partial charge in [0.15, 0.2) is 0 Å². The maximum Gasteiger partial charge on any atom is 0.249 e. The van der Waals surface area contributed by atoms with Gasteiger partial charge in [0.2, 0.25) is 5.91 Å². The Morgan fingerprint density at radius 2 is 2.13 bits per heavy atom. The van der Waals surface area contributed by atoms with E-state index >= 15 is 0 Å². The molecule has 1 amide bonds. The molecule has 0 radical (unpaired) electrons. The number of carbonyl (C=O) groups is 1. The molecule has 0 saturated heterocycles. The first kappa shape index (κ1) is 9.92. The minimum atomic E-state index is -0.463. The molecule has 0 aromatic carbocycles. The number of nitrogen functional groups attached to an aromatic ring is 1. The second-order valence-corrected chi connectivity index (χ2v) is 4.63. The number of pyridine rings is 1. The van der Waals surface area contributed by atoms with E-state index in [0.717, 1.165) is 20.7 Å². The van der Waals surface area contributed by atoms with E-state index in [1.807, 2.05) is 13.8 Å². The molecule has 0 atom stereocenters. The summed E-state index contributed by atoms with van der Waals surface area (Å²) in [6.07, 6.45) is 0. The number of primary amides is 1. The molecule has 0 aliphatic carbocycles. The van der Waals surface area contributed by atoms with Crippen molar-refractivity contribution >= 4 is 33.3 Å². The SMILES string of the molecule is Cc1sc2nc(N)cc(C(N)=O)c2c1C. The van der Waals surface area contributed by atoms with E-state index < -0.39 is 5.91 Å². The van der Waals surface area contributed by atoms with Gasteiger partial charge in [-0.05, 0) is 25.5 Å². The number of hydrogen-bond donors (Lipinski definition) is 2. The van der Waals surface area contributed by atoms with Gasteiger partial charge in [-0.1, -0.05) is 0 Å². The lowest BCUT2D eigenvalue weighted by Crippen LogP contribution is -2.12. The number of aryl methyl sites for hydroxylation is 2. The second kappa shape index (κ2) is 3.20. The minimum Gasteiger partial charge on any atom is -0.384 e. The zero-order chi connectivity index (χ0) is 11.2. The van der Waals surface area contributed by atoms with Crippen molar-refractivity contribution in [3.05, 3.63) is 22.1 Å². The van der Waals surface area contributed by atoms with Crippen LogP contribution >= 0.6 is 11.3 Å². The number of aromatic nitrogens is 1. The Balaban J connectivity index is 2.94. The Bertz CT molecular complexity index is 559. The Hall–Kier alpha value is -1.62. The summed E-state index contributed by atoms with van der Waals surface area (Å²) in [6.45, 7) is 3.95. The van der Waals surface area contributed by atoms with E-state index in [0.29, 0.717) is 11.4 Å². The average molecular weight is 221 g/mol. The van der Waals surface area contributed by atoms with Crippen molar-refractivity contribution in [1.82, 2.24) is 4.98 Å². The van der Waals surface area contributed by atoms with Crippen LogP contribution in [0.2, 0.25) is 0 Å². The van der Waals surface area contributed by atoms with Gasteiger partial charge in [0.1, 0.15) is 10.6 Å². The van der Waals surface area contributed by atoms with E-state index in [2.05, 4.69) is 4.98 Å². The van der Waals surface area contributed by atoms with Crippen LogP contribution in [0, 0.1) is 13.8 Å². The molecule has 2 aromatic rings. The molecule has 78 valence electrons. The standard InChI is InChI=1S/C10H11N3OS/c1-4-5(2)15-10-8(4)6(9(12)14)3-7(11)13-10/h3H,1-2H3,(H2,11,13)(H2,12,14). The summed E-state index contributed by atoms with van der Waals surface area (Å²) in [4.78, 5) is 17.4. The molecule has 2 rings (SSSR count). The van der Waals surface area contributed by atoms with Crippen molar-refractivity contribution in [1.29, 1.82) is 0 Å². The van der Waals surface area contributed by atoms with E-state index in [-0.39, 0.29) is 0 Å². The number of hydrogen-bond acceptors (Lipinski definition) is 4. The molecular weight excluding hydrogens is 210 g/mol. The summed E-state index contributed by atoms with van der Waals surface area (Å²) >= 11 is 1.53. The van der Waals surface area contributed by atoms with Crippen LogP contribution in [-0.2, 0) is 0 Å². The van der Waals surface area contributed by atoms with Crippen molar-refractivity contribution in [2.75, 3.05) is 5.73 Å². The van der Waals surface area contributed by atoms with Gasteiger partial charge in [0.05, 0.1) is 5.56 Å². The van der Waals surface area contributed by atoms with E-state index in [9.17, 15) is 4.79 Å². The van der Waals surface area contributed by atoms with Crippen LogP contribution in [0.15, 0.2) is 6.07 Å². The van der Waals surface area contributed by atoms with Gasteiger partial charge in [0, 0.05) is 10.3 Å². The van der Waals surface area contributed by atoms with Crippen LogP contribution in [0.4, 0.5) is 5.82 Å². The van der Waals surface area contributed by atoms with Gasteiger partial charge in [-0.2, -0.15) is 0 Å². The van der Waals surface area contributed by atoms with Crippen molar-refractivity contribution in [2.24, 2.45) is 5.73 Å². The average Bonchev–Trinajstić information content (AvgIpc) is 2.41. The highest BCUT2D eigenvalue weighted by atomic mass is 32.1. The number of thiophene rings is 1. The van der Waals surface area contributed by atoms with Crippen LogP contribution in [0.1, 0.15) is 20.8 Å². The second-order valence-electron chi connectivity index (χ2n) is 3.42. The van der Waals surface area contributed by atoms with Gasteiger partial charge in [0.25, 0.3) is 0 Å². The third-order valence-corrected chi connectivity index (χ3v) is 3.53. The fraction of sp³-hybridized carbons (Fsp3) is 0.200. The topological polar surface area (TPSA) is 82.0 Å². The molecule has 4 nitrogen and oxygen atoms in total. The first-order valence-corrected chi connectivity index (χ1v) is 5.28. The molecule has 2 heterocycles. The monoisotopic (exact) mass is 221 g/mol. The lowest BCUT2D eigenvalue weighted by Gasteiger charge is -2.01. The van der Waals surface area contributed by atoms with Crippen LogP contribution in [0.3, 0.4) is 0 Å². The molecule has 5 heteroatoms. The summed E-state index contributed by atoms with van der Waals surface area (Å²) in [6, 6.07) is 1.53. The predicted octanol–water partition coefficient (Wildman–Crippen LogP) is 1.59. The zero-order valence-corrected chi connectivity index (χ0v) is 9.31. The molecule has 0 unspecified atom stereocenters. The van der Waals surface area contributed by atoms with Crippen LogP contribution in [0.25, 0.3) is 10.2 Å². The normalized spacial score (nSPS) is 10.8. The van der Waals surface area contributed by atoms with Crippen LogP contribution < -0.4 is 11.5 Å². The van der Waals surface area contributed by atoms with Gasteiger partial charge in [-0.15, -0.1) is 11.3 Å². The van der Waals surface area contributed by atoms with Crippen LogP contribution in [0.5, 0.6) is 0 Å². The Kier molecular flexibility index (Phi) is 2.12. The molecule has 15 heavy (non-hydrogen) atoms. The summed E-state index contributed by atoms with van der Waals surface area (Å²) in [7, 11) is 0. The van der Waals surface area contributed by atoms with Crippen molar-refractivity contribution in [3.8, 4) is 0 Å². The van der Waals surface area contributed by atoms with Crippen LogP contribution in [-0.4, -0.2) is 10.9 Å². The maximum absolute atomic E-state index is 11.3. The fourth-order valence-electron chi connectivity index (χ4n) is 1.57. The zero-order valence-electron chi connectivity index (χ0n) is 8.50. The smallest absolute Gasteiger partial charge is 0.249 e. The molecule has 4 N–H and O–H groups in total. The number of nitrogens with zero attached hydrogens (tertiary/aromatic N) is 1. The van der Waals surface area contributed by atoms with E-state index in [1.54, 1.807) is 0 Å². The predicted molar refractivity (Wildman–Crippen MR) is 62.0 cm³/mol. The van der Waals surface area contributed by atoms with Gasteiger partial charge in [-0.25, -0.2) is 4.98 Å². The molecule has 2 aromatic heterocycles. The molecular formula is C10H11N3OS. The lowest BCUT2D eigenvalue weighted by molar-refractivity contribution is 0.100. The largest absolute Gasteiger partial charge is 0.384 e. The first-order valence-electron chi connectivity index (χ1n) is 4.46. The lowest BCUT2D eigenvalue weighted by atomic mass is 10.1. The quantitative estimate of drug-likeness (QED) is 0.767. The molecule has 0 aliphatic rings. The molecule has 0 bridgehead atoms. The highest BCUT2D eigenvalue weighted by Crippen LogP contribution is 2.32. The summed E-state index contributed by atoms with van der Waals surface area (Å²) < 4.78 is 0. The molecule has 0 fully saturated rings. The van der Waals surface area contributed by atoms with Crippen molar-refractivity contribution in [3.63, 3.8) is 0 Å². The number of nitrogens with two attached hydrogens (primary N) is 2. The summed E-state index contributed by atoms with van der Waals surface area (Å²) in [5.41, 5.74) is 12.4. The molecule has 0 saturated carbocycles. The third kappa shape index (κ3) is 1.45. The number of carbonyl (C=O) groups excluding carboxylic acids is 1. The Morgan fingerprint density at radius 1 is 1.47 bits per heavy atom. The van der Waals surface area contributed by atoms with E-state index in [1.165, 1.54) is 17.4 Å². The summed E-state index contributed by atoms with van der Waals surface area (Å²) in [5.74, 6) is -0.132. The highest BCUT2D eigenvalue weighted by Gasteiger charge is 2.15.